The van der Waals surface area contributed by atoms with Crippen molar-refractivity contribution in [1.29, 1.82) is 0 Å². The SMILES string of the molecule is Cc1ccccc1NC(=O)[C@H](C)SC1=Nc2ccccc2C2=N[C@H](C(C)C)C(=O)N12. The Balaban J connectivity index is 1.61. The van der Waals surface area contributed by atoms with Gasteiger partial charge >= 0.3 is 0 Å². The maximum absolute atomic E-state index is 13.1. The highest BCUT2D eigenvalue weighted by molar-refractivity contribution is 8.15. The van der Waals surface area contributed by atoms with Gasteiger partial charge in [0, 0.05) is 11.3 Å². The summed E-state index contributed by atoms with van der Waals surface area (Å²) in [6.07, 6.45) is 0. The van der Waals surface area contributed by atoms with E-state index in [0.717, 1.165) is 22.5 Å². The first-order chi connectivity index (χ1) is 14.4. The predicted octanol–water partition coefficient (Wildman–Crippen LogP) is 4.37. The van der Waals surface area contributed by atoms with Crippen LogP contribution in [0.1, 0.15) is 31.9 Å². The second-order valence-corrected chi connectivity index (χ2v) is 9.10. The number of rotatable bonds is 4. The molecular formula is C23H24N4O2S. The van der Waals surface area contributed by atoms with E-state index in [0.29, 0.717) is 11.0 Å². The number of aliphatic imine (C=N–C) groups is 2. The zero-order valence-corrected chi connectivity index (χ0v) is 18.2. The van der Waals surface area contributed by atoms with Crippen LogP contribution in [0.3, 0.4) is 0 Å². The van der Waals surface area contributed by atoms with Gasteiger partial charge in [-0.3, -0.25) is 14.6 Å². The van der Waals surface area contributed by atoms with Gasteiger partial charge in [-0.25, -0.2) is 9.89 Å². The summed E-state index contributed by atoms with van der Waals surface area (Å²) >= 11 is 1.27. The van der Waals surface area contributed by atoms with Gasteiger partial charge in [-0.2, -0.15) is 0 Å². The summed E-state index contributed by atoms with van der Waals surface area (Å²) in [5, 5.41) is 3.02. The Morgan fingerprint density at radius 3 is 2.53 bits per heavy atom. The minimum Gasteiger partial charge on any atom is -0.325 e. The zero-order valence-electron chi connectivity index (χ0n) is 17.4. The van der Waals surface area contributed by atoms with Crippen molar-refractivity contribution in [3.63, 3.8) is 0 Å². The molecule has 30 heavy (non-hydrogen) atoms. The molecule has 2 amide bonds. The minimum atomic E-state index is -0.444. The molecule has 7 heteroatoms. The van der Waals surface area contributed by atoms with Crippen LogP contribution in [-0.4, -0.2) is 39.0 Å². The zero-order chi connectivity index (χ0) is 21.4. The highest BCUT2D eigenvalue weighted by atomic mass is 32.2. The van der Waals surface area contributed by atoms with E-state index in [1.165, 1.54) is 11.8 Å². The van der Waals surface area contributed by atoms with Gasteiger partial charge in [-0.15, -0.1) is 0 Å². The van der Waals surface area contributed by atoms with Gasteiger partial charge in [0.1, 0.15) is 11.9 Å². The Morgan fingerprint density at radius 2 is 1.80 bits per heavy atom. The average Bonchev–Trinajstić information content (AvgIpc) is 3.08. The number of anilines is 1. The fourth-order valence-electron chi connectivity index (χ4n) is 3.44. The molecule has 0 saturated heterocycles. The van der Waals surface area contributed by atoms with E-state index in [1.54, 1.807) is 4.90 Å². The lowest BCUT2D eigenvalue weighted by Gasteiger charge is -2.27. The largest absolute Gasteiger partial charge is 0.325 e. The second-order valence-electron chi connectivity index (χ2n) is 7.79. The number of amides is 2. The lowest BCUT2D eigenvalue weighted by Crippen LogP contribution is -2.43. The quantitative estimate of drug-likeness (QED) is 0.798. The van der Waals surface area contributed by atoms with Gasteiger partial charge in [-0.1, -0.05) is 55.9 Å². The smallest absolute Gasteiger partial charge is 0.259 e. The van der Waals surface area contributed by atoms with Gasteiger partial charge < -0.3 is 5.32 Å². The molecule has 0 fully saturated rings. The van der Waals surface area contributed by atoms with E-state index in [-0.39, 0.29) is 17.7 Å². The average molecular weight is 421 g/mol. The number of carbonyl (C=O) groups excluding carboxylic acids is 2. The number of nitrogens with one attached hydrogen (secondary N) is 1. The molecule has 0 unspecified atom stereocenters. The molecule has 2 aliphatic heterocycles. The normalized spacial score (nSPS) is 18.5. The Morgan fingerprint density at radius 1 is 1.10 bits per heavy atom. The molecule has 2 heterocycles. The van der Waals surface area contributed by atoms with Crippen molar-refractivity contribution < 1.29 is 9.59 Å². The molecule has 0 bridgehead atoms. The first-order valence-electron chi connectivity index (χ1n) is 10.00. The van der Waals surface area contributed by atoms with Gasteiger partial charge in [-0.05, 0) is 43.5 Å². The molecule has 154 valence electrons. The maximum Gasteiger partial charge on any atom is 0.259 e. The topological polar surface area (TPSA) is 74.1 Å². The van der Waals surface area contributed by atoms with Gasteiger partial charge in [0.05, 0.1) is 10.9 Å². The van der Waals surface area contributed by atoms with Crippen LogP contribution in [0.2, 0.25) is 0 Å². The summed E-state index contributed by atoms with van der Waals surface area (Å²) in [6.45, 7) is 7.74. The van der Waals surface area contributed by atoms with Crippen LogP contribution in [0.25, 0.3) is 0 Å². The maximum atomic E-state index is 13.1. The third-order valence-electron chi connectivity index (χ3n) is 5.18. The van der Waals surface area contributed by atoms with Crippen LogP contribution in [0.15, 0.2) is 58.5 Å². The summed E-state index contributed by atoms with van der Waals surface area (Å²) in [5.74, 6) is 0.475. The van der Waals surface area contributed by atoms with Crippen molar-refractivity contribution >= 4 is 46.0 Å². The Kier molecular flexibility index (Phi) is 5.47. The van der Waals surface area contributed by atoms with Gasteiger partial charge in [0.15, 0.2) is 5.17 Å². The fourth-order valence-corrected chi connectivity index (χ4v) is 4.36. The third kappa shape index (κ3) is 3.65. The summed E-state index contributed by atoms with van der Waals surface area (Å²) < 4.78 is 0. The van der Waals surface area contributed by atoms with Crippen molar-refractivity contribution in [2.75, 3.05) is 5.32 Å². The molecule has 0 spiro atoms. The molecule has 0 aliphatic carbocycles. The minimum absolute atomic E-state index is 0.0794. The van der Waals surface area contributed by atoms with Gasteiger partial charge in [0.25, 0.3) is 5.91 Å². The molecule has 2 aromatic carbocycles. The molecular weight excluding hydrogens is 396 g/mol. The third-order valence-corrected chi connectivity index (χ3v) is 6.24. The number of carbonyl (C=O) groups is 2. The summed E-state index contributed by atoms with van der Waals surface area (Å²) in [5.41, 5.74) is 3.38. The summed E-state index contributed by atoms with van der Waals surface area (Å²) in [7, 11) is 0. The number of amidine groups is 2. The van der Waals surface area contributed by atoms with Crippen LogP contribution in [0, 0.1) is 12.8 Å². The van der Waals surface area contributed by atoms with Crippen molar-refractivity contribution in [3.8, 4) is 0 Å². The van der Waals surface area contributed by atoms with E-state index in [2.05, 4.69) is 5.32 Å². The Labute approximate surface area is 180 Å². The number of fused-ring (bicyclic) bond motifs is 3. The predicted molar refractivity (Wildman–Crippen MR) is 122 cm³/mol. The lowest BCUT2D eigenvalue weighted by molar-refractivity contribution is -0.125. The second kappa shape index (κ2) is 8.07. The summed E-state index contributed by atoms with van der Waals surface area (Å²) in [4.78, 5) is 36.9. The molecule has 0 saturated carbocycles. The fraction of sp³-hybridized carbons (Fsp3) is 0.304. The molecule has 6 nitrogen and oxygen atoms in total. The van der Waals surface area contributed by atoms with Crippen LogP contribution in [0.5, 0.6) is 0 Å². The van der Waals surface area contributed by atoms with Crippen molar-refractivity contribution in [1.82, 2.24) is 4.90 Å². The van der Waals surface area contributed by atoms with Crippen LogP contribution >= 0.6 is 11.8 Å². The van der Waals surface area contributed by atoms with Crippen molar-refractivity contribution in [2.45, 2.75) is 39.0 Å². The highest BCUT2D eigenvalue weighted by Crippen LogP contribution is 2.35. The molecule has 0 aromatic heterocycles. The van der Waals surface area contributed by atoms with E-state index in [1.807, 2.05) is 76.2 Å². The standard InChI is InChI=1S/C23H24N4O2S/c1-13(2)19-22(29)27-20(26-19)16-10-6-8-12-18(16)25-23(27)30-15(4)21(28)24-17-11-7-5-9-14(17)3/h5-13,15,19H,1-4H3,(H,24,28)/t15-,19+/m0/s1. The first kappa shape index (κ1) is 20.3. The van der Waals surface area contributed by atoms with E-state index in [4.69, 9.17) is 9.98 Å². The molecule has 2 aliphatic rings. The molecule has 4 rings (SSSR count). The Bertz CT molecular complexity index is 1080. The monoisotopic (exact) mass is 420 g/mol. The van der Waals surface area contributed by atoms with E-state index < -0.39 is 11.3 Å². The number of hydrogen-bond donors (Lipinski definition) is 1. The van der Waals surface area contributed by atoms with Crippen LogP contribution in [0.4, 0.5) is 11.4 Å². The number of nitrogens with zero attached hydrogens (tertiary/aromatic N) is 3. The number of thioether (sulfide) groups is 1. The Hall–Kier alpha value is -2.93. The number of hydrogen-bond acceptors (Lipinski definition) is 5. The van der Waals surface area contributed by atoms with E-state index >= 15 is 0 Å². The number of para-hydroxylation sites is 2. The van der Waals surface area contributed by atoms with Crippen molar-refractivity contribution in [3.05, 3.63) is 59.7 Å². The lowest BCUT2D eigenvalue weighted by atomic mass is 10.1. The van der Waals surface area contributed by atoms with E-state index in [9.17, 15) is 9.59 Å². The molecule has 0 radical (unpaired) electrons. The number of aryl methyl sites for hydroxylation is 1. The molecule has 1 N–H and O–H groups in total. The first-order valence-corrected chi connectivity index (χ1v) is 10.9. The molecule has 2 atom stereocenters. The summed E-state index contributed by atoms with van der Waals surface area (Å²) in [6, 6.07) is 14.9. The van der Waals surface area contributed by atoms with Crippen LogP contribution in [-0.2, 0) is 9.59 Å². The number of benzene rings is 2. The molecule has 2 aromatic rings. The van der Waals surface area contributed by atoms with Crippen LogP contribution < -0.4 is 5.32 Å². The highest BCUT2D eigenvalue weighted by Gasteiger charge is 2.43. The van der Waals surface area contributed by atoms with Crippen molar-refractivity contribution in [2.24, 2.45) is 15.9 Å². The van der Waals surface area contributed by atoms with Gasteiger partial charge in [0.2, 0.25) is 5.91 Å².